The van der Waals surface area contributed by atoms with Gasteiger partial charge in [-0.1, -0.05) is 11.6 Å². The van der Waals surface area contributed by atoms with Gasteiger partial charge < -0.3 is 20.1 Å². The lowest BCUT2D eigenvalue weighted by atomic mass is 10.1. The number of amides is 2. The minimum Gasteiger partial charge on any atom is -0.495 e. The van der Waals surface area contributed by atoms with Crippen LogP contribution in [0, 0.1) is 11.3 Å². The van der Waals surface area contributed by atoms with Crippen LogP contribution in [-0.4, -0.2) is 73.2 Å². The van der Waals surface area contributed by atoms with E-state index in [0.29, 0.717) is 54.9 Å². The van der Waals surface area contributed by atoms with E-state index in [4.69, 9.17) is 26.3 Å². The highest BCUT2D eigenvalue weighted by Crippen LogP contribution is 2.31. The number of carbonyl (C=O) groups excluding carboxylic acids is 2. The Labute approximate surface area is 196 Å². The van der Waals surface area contributed by atoms with Gasteiger partial charge in [-0.2, -0.15) is 5.26 Å². The highest BCUT2D eigenvalue weighted by Gasteiger charge is 2.15. The number of nitrogens with one attached hydrogen (secondary N) is 2. The number of carbonyl (C=O) groups is 2. The molecule has 0 aliphatic carbocycles. The Balaban J connectivity index is 1.54. The van der Waals surface area contributed by atoms with Gasteiger partial charge in [-0.15, -0.1) is 0 Å². The second kappa shape index (κ2) is 12.1. The van der Waals surface area contributed by atoms with Gasteiger partial charge in [-0.3, -0.25) is 19.5 Å². The van der Waals surface area contributed by atoms with E-state index in [1.54, 1.807) is 12.1 Å². The lowest BCUT2D eigenvalue weighted by molar-refractivity contribution is -0.123. The Bertz CT molecular complexity index is 1020. The molecule has 10 nitrogen and oxygen atoms in total. The van der Waals surface area contributed by atoms with Crippen LogP contribution in [0.25, 0.3) is 0 Å². The molecule has 1 aromatic carbocycles. The van der Waals surface area contributed by atoms with Crippen LogP contribution >= 0.6 is 11.6 Å². The number of halogens is 1. The van der Waals surface area contributed by atoms with Gasteiger partial charge >= 0.3 is 0 Å². The summed E-state index contributed by atoms with van der Waals surface area (Å²) in [5.41, 5.74) is 1.83. The normalized spacial score (nSPS) is 13.7. The average molecular weight is 473 g/mol. The molecule has 0 radical (unpaired) electrons. The second-order valence-corrected chi connectivity index (χ2v) is 7.77. The molecule has 0 unspecified atom stereocenters. The molecule has 2 heterocycles. The fraction of sp³-hybridized carbons (Fsp3) is 0.409. The fourth-order valence-corrected chi connectivity index (χ4v) is 3.53. The number of ether oxygens (including phenoxy) is 2. The number of methoxy groups -OCH3 is 1. The van der Waals surface area contributed by atoms with E-state index in [1.807, 2.05) is 6.07 Å². The molecule has 0 bridgehead atoms. The molecule has 1 fully saturated rings. The lowest BCUT2D eigenvalue weighted by Gasteiger charge is -2.25. The van der Waals surface area contributed by atoms with Gasteiger partial charge in [0.05, 0.1) is 57.1 Å². The van der Waals surface area contributed by atoms with Crippen molar-refractivity contribution in [3.8, 4) is 11.8 Å². The molecule has 174 valence electrons. The third kappa shape index (κ3) is 7.39. The zero-order chi connectivity index (χ0) is 23.6. The summed E-state index contributed by atoms with van der Waals surface area (Å²) in [5.74, 6) is 0.0783. The number of morpholine rings is 1. The standard InChI is InChI=1S/C22H25ClN6O4/c1-32-20-8-15(2-3-25-22(31)14-29-4-6-33-7-5-29)18(23)10-19(20)28-21(30)9-16-12-27-17(11-24)13-26-16/h8,10,12-13H,2-7,9,14H2,1H3,(H,25,31)(H,28,30). The average Bonchev–Trinajstić information content (AvgIpc) is 2.81. The fourth-order valence-electron chi connectivity index (χ4n) is 3.27. The third-order valence-corrected chi connectivity index (χ3v) is 5.34. The van der Waals surface area contributed by atoms with Gasteiger partial charge in [0.15, 0.2) is 5.69 Å². The van der Waals surface area contributed by atoms with Crippen molar-refractivity contribution >= 4 is 29.1 Å². The van der Waals surface area contributed by atoms with Crippen LogP contribution in [0.2, 0.25) is 5.02 Å². The van der Waals surface area contributed by atoms with Crippen molar-refractivity contribution in [1.82, 2.24) is 20.2 Å². The smallest absolute Gasteiger partial charge is 0.234 e. The number of rotatable bonds is 9. The molecule has 0 saturated carbocycles. The van der Waals surface area contributed by atoms with Gasteiger partial charge in [0.2, 0.25) is 11.8 Å². The number of hydrogen-bond acceptors (Lipinski definition) is 8. The Morgan fingerprint density at radius 1 is 1.24 bits per heavy atom. The number of nitriles is 1. The van der Waals surface area contributed by atoms with Gasteiger partial charge in [0, 0.05) is 24.7 Å². The summed E-state index contributed by atoms with van der Waals surface area (Å²) in [7, 11) is 1.50. The summed E-state index contributed by atoms with van der Waals surface area (Å²) in [4.78, 5) is 34.6. The Kier molecular flexibility index (Phi) is 8.95. The Morgan fingerprint density at radius 3 is 2.70 bits per heavy atom. The van der Waals surface area contributed by atoms with E-state index >= 15 is 0 Å². The van der Waals surface area contributed by atoms with Crippen molar-refractivity contribution in [3.63, 3.8) is 0 Å². The first kappa shape index (κ1) is 24.4. The zero-order valence-corrected chi connectivity index (χ0v) is 19.0. The summed E-state index contributed by atoms with van der Waals surface area (Å²) >= 11 is 6.41. The van der Waals surface area contributed by atoms with Crippen molar-refractivity contribution in [2.24, 2.45) is 0 Å². The molecule has 1 aromatic heterocycles. The van der Waals surface area contributed by atoms with Gasteiger partial charge in [0.25, 0.3) is 0 Å². The minimum atomic E-state index is -0.327. The van der Waals surface area contributed by atoms with Crippen LogP contribution in [-0.2, 0) is 27.2 Å². The molecule has 1 aliphatic heterocycles. The van der Waals surface area contributed by atoms with Gasteiger partial charge in [-0.05, 0) is 24.1 Å². The zero-order valence-electron chi connectivity index (χ0n) is 18.3. The maximum absolute atomic E-state index is 12.4. The SMILES string of the molecule is COc1cc(CCNC(=O)CN2CCOCC2)c(Cl)cc1NC(=O)Cc1cnc(C#N)cn1. The summed E-state index contributed by atoms with van der Waals surface area (Å²) < 4.78 is 10.7. The van der Waals surface area contributed by atoms with Crippen LogP contribution < -0.4 is 15.4 Å². The molecule has 11 heteroatoms. The van der Waals surface area contributed by atoms with E-state index in [1.165, 1.54) is 19.5 Å². The van der Waals surface area contributed by atoms with Crippen molar-refractivity contribution in [3.05, 3.63) is 46.5 Å². The van der Waals surface area contributed by atoms with Crippen LogP contribution in [0.5, 0.6) is 5.75 Å². The van der Waals surface area contributed by atoms with E-state index in [9.17, 15) is 9.59 Å². The predicted octanol–water partition coefficient (Wildman–Crippen LogP) is 1.18. The lowest BCUT2D eigenvalue weighted by Crippen LogP contribution is -2.43. The molecular formula is C22H25ClN6O4. The first-order chi connectivity index (χ1) is 16.0. The van der Waals surface area contributed by atoms with Crippen molar-refractivity contribution in [2.75, 3.05) is 51.8 Å². The maximum atomic E-state index is 12.4. The third-order valence-electron chi connectivity index (χ3n) is 4.99. The number of anilines is 1. The van der Waals surface area contributed by atoms with Gasteiger partial charge in [0.1, 0.15) is 11.8 Å². The largest absolute Gasteiger partial charge is 0.495 e. The monoisotopic (exact) mass is 472 g/mol. The van der Waals surface area contributed by atoms with Crippen molar-refractivity contribution < 1.29 is 19.1 Å². The highest BCUT2D eigenvalue weighted by molar-refractivity contribution is 6.31. The quantitative estimate of drug-likeness (QED) is 0.556. The molecule has 0 spiro atoms. The minimum absolute atomic E-state index is 0.0175. The predicted molar refractivity (Wildman–Crippen MR) is 121 cm³/mol. The molecule has 2 N–H and O–H groups in total. The van der Waals surface area contributed by atoms with E-state index in [0.717, 1.165) is 18.7 Å². The van der Waals surface area contributed by atoms with E-state index in [2.05, 4.69) is 25.5 Å². The summed E-state index contributed by atoms with van der Waals surface area (Å²) in [6.45, 7) is 3.56. The van der Waals surface area contributed by atoms with Gasteiger partial charge in [-0.25, -0.2) is 4.98 Å². The molecule has 1 saturated heterocycles. The highest BCUT2D eigenvalue weighted by atomic mass is 35.5. The van der Waals surface area contributed by atoms with Crippen LogP contribution in [0.3, 0.4) is 0 Å². The van der Waals surface area contributed by atoms with Crippen molar-refractivity contribution in [1.29, 1.82) is 5.26 Å². The van der Waals surface area contributed by atoms with Crippen LogP contribution in [0.15, 0.2) is 24.5 Å². The number of hydrogen-bond donors (Lipinski definition) is 2. The first-order valence-corrected chi connectivity index (χ1v) is 10.8. The summed E-state index contributed by atoms with van der Waals surface area (Å²) in [6, 6.07) is 5.24. The van der Waals surface area contributed by atoms with Crippen molar-refractivity contribution in [2.45, 2.75) is 12.8 Å². The second-order valence-electron chi connectivity index (χ2n) is 7.36. The molecule has 2 aromatic rings. The molecule has 3 rings (SSSR count). The maximum Gasteiger partial charge on any atom is 0.234 e. The van der Waals surface area contributed by atoms with E-state index < -0.39 is 0 Å². The van der Waals surface area contributed by atoms with E-state index in [-0.39, 0.29) is 23.9 Å². The molecule has 1 aliphatic rings. The first-order valence-electron chi connectivity index (χ1n) is 10.4. The van der Waals surface area contributed by atoms with Crippen LogP contribution in [0.4, 0.5) is 5.69 Å². The topological polar surface area (TPSA) is 129 Å². The molecule has 2 amide bonds. The number of nitrogens with zero attached hydrogens (tertiary/aromatic N) is 4. The Hall–Kier alpha value is -3.26. The summed E-state index contributed by atoms with van der Waals surface area (Å²) in [6.07, 6.45) is 3.20. The molecule has 0 atom stereocenters. The molecular weight excluding hydrogens is 448 g/mol. The van der Waals surface area contributed by atoms with Crippen LogP contribution in [0.1, 0.15) is 17.0 Å². The molecule has 33 heavy (non-hydrogen) atoms. The summed E-state index contributed by atoms with van der Waals surface area (Å²) in [5, 5.41) is 14.9. The Morgan fingerprint density at radius 2 is 2.03 bits per heavy atom. The number of aromatic nitrogens is 2. The number of benzene rings is 1.